The van der Waals surface area contributed by atoms with E-state index < -0.39 is 23.6 Å². The normalized spacial score (nSPS) is 23.0. The summed E-state index contributed by atoms with van der Waals surface area (Å²) in [5.74, 6) is 0.0332. The molecule has 2 N–H and O–H groups in total. The Labute approximate surface area is 168 Å². The molecule has 0 spiro atoms. The molecule has 1 saturated heterocycles. The molecule has 2 amide bonds. The lowest BCUT2D eigenvalue weighted by Gasteiger charge is -2.19. The number of aromatic nitrogens is 4. The Morgan fingerprint density at radius 1 is 1.43 bits per heavy atom. The van der Waals surface area contributed by atoms with Crippen LogP contribution in [0.25, 0.3) is 17.6 Å². The summed E-state index contributed by atoms with van der Waals surface area (Å²) in [5.41, 5.74) is -2.19. The number of alkyl halides is 3. The smallest absolute Gasteiger partial charge is 0.366 e. The minimum absolute atomic E-state index is 0.000431. The zero-order chi connectivity index (χ0) is 21.7. The van der Waals surface area contributed by atoms with Gasteiger partial charge in [-0.1, -0.05) is 0 Å². The molecule has 1 saturated carbocycles. The first kappa shape index (κ1) is 19.8. The molecule has 4 rings (SSSR count). The number of carbonyl (C=O) groups is 1. The lowest BCUT2D eigenvalue weighted by molar-refractivity contribution is -0.141. The maximum absolute atomic E-state index is 13.2. The number of nitrogens with zero attached hydrogens (tertiary/aromatic N) is 6. The number of carbonyl (C=O) groups excluding carboxylic acids is 1. The van der Waals surface area contributed by atoms with Gasteiger partial charge in [0.1, 0.15) is 18.6 Å². The summed E-state index contributed by atoms with van der Waals surface area (Å²) in [5, 5.41) is 25.8. The van der Waals surface area contributed by atoms with Crippen LogP contribution < -0.4 is 5.32 Å². The van der Waals surface area contributed by atoms with Crippen molar-refractivity contribution >= 4 is 12.2 Å². The molecular formula is C18H16F3N7O2. The summed E-state index contributed by atoms with van der Waals surface area (Å²) in [6, 6.07) is 3.59. The maximum atomic E-state index is 13.2. The van der Waals surface area contributed by atoms with Crippen molar-refractivity contribution in [2.24, 2.45) is 0 Å². The average molecular weight is 419 g/mol. The van der Waals surface area contributed by atoms with E-state index in [0.29, 0.717) is 5.69 Å². The van der Waals surface area contributed by atoms with Crippen molar-refractivity contribution in [2.75, 3.05) is 6.54 Å². The van der Waals surface area contributed by atoms with Crippen molar-refractivity contribution < 1.29 is 23.1 Å². The van der Waals surface area contributed by atoms with Crippen LogP contribution in [0.15, 0.2) is 24.2 Å². The predicted octanol–water partition coefficient (Wildman–Crippen LogP) is 2.29. The molecule has 2 aliphatic rings. The SMILES string of the molecule is CC1(O)NC(=O)N(CC#N)/C1=C\n1cnc(-c2cc(C3CC3)nc(C(F)(F)F)c2)n1. The van der Waals surface area contributed by atoms with E-state index in [2.05, 4.69) is 20.4 Å². The van der Waals surface area contributed by atoms with Crippen LogP contribution in [0, 0.1) is 11.3 Å². The number of pyridine rings is 1. The highest BCUT2D eigenvalue weighted by Crippen LogP contribution is 2.41. The fraction of sp³-hybridized carbons (Fsp3) is 0.389. The van der Waals surface area contributed by atoms with Gasteiger partial charge in [-0.05, 0) is 31.9 Å². The summed E-state index contributed by atoms with van der Waals surface area (Å²) in [4.78, 5) is 20.8. The van der Waals surface area contributed by atoms with Gasteiger partial charge in [0.25, 0.3) is 0 Å². The number of nitrogens with one attached hydrogen (secondary N) is 1. The minimum atomic E-state index is -4.60. The monoisotopic (exact) mass is 419 g/mol. The van der Waals surface area contributed by atoms with Gasteiger partial charge in [0.15, 0.2) is 11.5 Å². The molecule has 30 heavy (non-hydrogen) atoms. The molecule has 3 heterocycles. The second-order valence-corrected chi connectivity index (χ2v) is 7.25. The standard InChI is InChI=1S/C18H16F3N7O2/c1-17(30)14(28(5-4-22)16(29)25-17)8-27-9-23-15(26-27)11-6-12(10-2-3-10)24-13(7-11)18(19,20)21/h6-10,30H,2-3,5H2,1H3,(H,25,29)/b14-8-. The summed E-state index contributed by atoms with van der Waals surface area (Å²) in [7, 11) is 0. The summed E-state index contributed by atoms with van der Waals surface area (Å²) < 4.78 is 40.9. The van der Waals surface area contributed by atoms with Gasteiger partial charge in [0.05, 0.1) is 18.0 Å². The Balaban J connectivity index is 1.71. The number of hydrogen-bond donors (Lipinski definition) is 2. The van der Waals surface area contributed by atoms with Crippen LogP contribution in [0.5, 0.6) is 0 Å². The molecule has 156 valence electrons. The fourth-order valence-corrected chi connectivity index (χ4v) is 3.14. The third kappa shape index (κ3) is 3.71. The van der Waals surface area contributed by atoms with Gasteiger partial charge >= 0.3 is 12.2 Å². The number of rotatable bonds is 4. The summed E-state index contributed by atoms with van der Waals surface area (Å²) >= 11 is 0. The van der Waals surface area contributed by atoms with Gasteiger partial charge < -0.3 is 10.4 Å². The molecule has 1 unspecified atom stereocenters. The van der Waals surface area contributed by atoms with Crippen LogP contribution >= 0.6 is 0 Å². The van der Waals surface area contributed by atoms with Crippen molar-refractivity contribution in [3.05, 3.63) is 35.5 Å². The number of urea groups is 1. The van der Waals surface area contributed by atoms with Crippen molar-refractivity contribution in [1.29, 1.82) is 5.26 Å². The van der Waals surface area contributed by atoms with E-state index in [-0.39, 0.29) is 29.5 Å². The van der Waals surface area contributed by atoms with Crippen LogP contribution in [0.3, 0.4) is 0 Å². The van der Waals surface area contributed by atoms with E-state index >= 15 is 0 Å². The maximum Gasteiger partial charge on any atom is 0.433 e. The molecule has 2 aromatic rings. The zero-order valence-electron chi connectivity index (χ0n) is 15.7. The van der Waals surface area contributed by atoms with Crippen molar-refractivity contribution in [3.8, 4) is 17.5 Å². The van der Waals surface area contributed by atoms with Crippen LogP contribution in [0.4, 0.5) is 18.0 Å². The predicted molar refractivity (Wildman–Crippen MR) is 96.0 cm³/mol. The first-order valence-corrected chi connectivity index (χ1v) is 9.00. The molecule has 0 bridgehead atoms. The third-order valence-corrected chi connectivity index (χ3v) is 4.77. The van der Waals surface area contributed by atoms with Crippen molar-refractivity contribution in [3.63, 3.8) is 0 Å². The van der Waals surface area contributed by atoms with Crippen molar-refractivity contribution in [1.82, 2.24) is 30.0 Å². The Morgan fingerprint density at radius 2 is 2.17 bits per heavy atom. The van der Waals surface area contributed by atoms with E-state index in [4.69, 9.17) is 5.26 Å². The molecule has 2 aromatic heterocycles. The summed E-state index contributed by atoms with van der Waals surface area (Å²) in [6.45, 7) is 1.02. The Morgan fingerprint density at radius 3 is 2.80 bits per heavy atom. The van der Waals surface area contributed by atoms with Crippen molar-refractivity contribution in [2.45, 2.75) is 37.6 Å². The van der Waals surface area contributed by atoms with Gasteiger partial charge in [-0.2, -0.15) is 18.4 Å². The molecule has 0 radical (unpaired) electrons. The van der Waals surface area contributed by atoms with E-state index in [9.17, 15) is 23.1 Å². The second kappa shape index (κ2) is 6.81. The largest absolute Gasteiger partial charge is 0.433 e. The average Bonchev–Trinajstić information content (AvgIpc) is 3.37. The minimum Gasteiger partial charge on any atom is -0.366 e. The second-order valence-electron chi connectivity index (χ2n) is 7.25. The van der Waals surface area contributed by atoms with E-state index in [1.165, 1.54) is 19.5 Å². The van der Waals surface area contributed by atoms with E-state index in [0.717, 1.165) is 28.5 Å². The lowest BCUT2D eigenvalue weighted by Crippen LogP contribution is -2.38. The van der Waals surface area contributed by atoms with E-state index in [1.807, 2.05) is 6.07 Å². The fourth-order valence-electron chi connectivity index (χ4n) is 3.14. The van der Waals surface area contributed by atoms with Gasteiger partial charge in [-0.25, -0.2) is 19.4 Å². The Bertz CT molecular complexity index is 1080. The quantitative estimate of drug-likeness (QED) is 0.734. The van der Waals surface area contributed by atoms with Gasteiger partial charge in [0, 0.05) is 17.2 Å². The first-order valence-electron chi connectivity index (χ1n) is 9.00. The van der Waals surface area contributed by atoms with Gasteiger partial charge in [-0.15, -0.1) is 5.10 Å². The topological polar surface area (TPSA) is 120 Å². The number of hydrogen-bond acceptors (Lipinski definition) is 6. The molecule has 0 aromatic carbocycles. The number of halogens is 3. The highest BCUT2D eigenvalue weighted by molar-refractivity contribution is 5.82. The molecule has 1 aliphatic carbocycles. The molecule has 1 aliphatic heterocycles. The summed E-state index contributed by atoms with van der Waals surface area (Å²) in [6.07, 6.45) is -0.522. The van der Waals surface area contributed by atoms with Gasteiger partial charge in [-0.3, -0.25) is 4.90 Å². The molecule has 1 atom stereocenters. The highest BCUT2D eigenvalue weighted by atomic mass is 19.4. The number of aliphatic hydroxyl groups is 1. The highest BCUT2D eigenvalue weighted by Gasteiger charge is 2.43. The van der Waals surface area contributed by atoms with Crippen LogP contribution in [-0.2, 0) is 6.18 Å². The van der Waals surface area contributed by atoms with Gasteiger partial charge in [0.2, 0.25) is 0 Å². The molecular weight excluding hydrogens is 403 g/mol. The van der Waals surface area contributed by atoms with Crippen LogP contribution in [0.1, 0.15) is 37.1 Å². The molecule has 12 heteroatoms. The molecule has 9 nitrogen and oxygen atoms in total. The zero-order valence-corrected chi connectivity index (χ0v) is 15.7. The number of amides is 2. The van der Waals surface area contributed by atoms with Crippen LogP contribution in [0.2, 0.25) is 0 Å². The molecule has 2 fully saturated rings. The lowest BCUT2D eigenvalue weighted by atomic mass is 10.1. The third-order valence-electron chi connectivity index (χ3n) is 4.77. The number of nitriles is 1. The van der Waals surface area contributed by atoms with E-state index in [1.54, 1.807) is 6.07 Å². The Kier molecular flexibility index (Phi) is 4.50. The Hall–Kier alpha value is -3.46. The van der Waals surface area contributed by atoms with Crippen LogP contribution in [-0.4, -0.2) is 48.1 Å². The first-order chi connectivity index (χ1) is 14.1.